The zero-order valence-corrected chi connectivity index (χ0v) is 11.5. The molecule has 0 amide bonds. The van der Waals surface area contributed by atoms with Gasteiger partial charge in [0.05, 0.1) is 11.4 Å². The molecule has 0 saturated heterocycles. The van der Waals surface area contributed by atoms with E-state index in [1.54, 1.807) is 12.1 Å². The zero-order chi connectivity index (χ0) is 14.8. The lowest BCUT2D eigenvalue weighted by Crippen LogP contribution is -2.22. The van der Waals surface area contributed by atoms with Crippen molar-refractivity contribution in [1.29, 1.82) is 0 Å². The Morgan fingerprint density at radius 1 is 1.20 bits per heavy atom. The molecule has 0 aliphatic rings. The monoisotopic (exact) mass is 295 g/mol. The molecule has 2 N–H and O–H groups in total. The lowest BCUT2D eigenvalue weighted by molar-refractivity contribution is 0.0660. The van der Waals surface area contributed by atoms with Crippen molar-refractivity contribution < 1.29 is 22.7 Å². The number of furan rings is 1. The van der Waals surface area contributed by atoms with Crippen molar-refractivity contribution in [2.45, 2.75) is 18.4 Å². The fourth-order valence-electron chi connectivity index (χ4n) is 1.55. The molecule has 106 valence electrons. The SMILES string of the molecule is Cc1ccc(S(=O)(=O)NCc2ccc(C(=O)O)o2)cc1. The summed E-state index contributed by atoms with van der Waals surface area (Å²) in [6.07, 6.45) is 0. The molecule has 0 unspecified atom stereocenters. The molecule has 0 saturated carbocycles. The van der Waals surface area contributed by atoms with E-state index < -0.39 is 16.0 Å². The van der Waals surface area contributed by atoms with Crippen LogP contribution in [0.5, 0.6) is 0 Å². The van der Waals surface area contributed by atoms with E-state index in [4.69, 9.17) is 9.52 Å². The number of aryl methyl sites for hydroxylation is 1. The molecule has 2 aromatic rings. The van der Waals surface area contributed by atoms with Crippen LogP contribution in [-0.2, 0) is 16.6 Å². The summed E-state index contributed by atoms with van der Waals surface area (Å²) in [5.74, 6) is -1.19. The number of carbonyl (C=O) groups is 1. The van der Waals surface area contributed by atoms with Crippen molar-refractivity contribution in [1.82, 2.24) is 4.72 Å². The molecule has 0 fully saturated rings. The second-order valence-corrected chi connectivity index (χ2v) is 5.98. The van der Waals surface area contributed by atoms with Gasteiger partial charge in [-0.3, -0.25) is 0 Å². The van der Waals surface area contributed by atoms with E-state index in [9.17, 15) is 13.2 Å². The Balaban J connectivity index is 2.08. The van der Waals surface area contributed by atoms with Crippen molar-refractivity contribution in [3.63, 3.8) is 0 Å². The quantitative estimate of drug-likeness (QED) is 0.876. The summed E-state index contributed by atoms with van der Waals surface area (Å²) in [5, 5.41) is 8.70. The van der Waals surface area contributed by atoms with E-state index in [1.807, 2.05) is 6.92 Å². The topological polar surface area (TPSA) is 96.6 Å². The molecule has 2 rings (SSSR count). The average molecular weight is 295 g/mol. The minimum atomic E-state index is -3.64. The molecule has 0 spiro atoms. The first kappa shape index (κ1) is 14.3. The molecule has 6 nitrogen and oxygen atoms in total. The lowest BCUT2D eigenvalue weighted by atomic mass is 10.2. The van der Waals surface area contributed by atoms with Crippen LogP contribution in [0, 0.1) is 6.92 Å². The Morgan fingerprint density at radius 3 is 2.40 bits per heavy atom. The number of hydrogen-bond donors (Lipinski definition) is 2. The van der Waals surface area contributed by atoms with Gasteiger partial charge < -0.3 is 9.52 Å². The summed E-state index contributed by atoms with van der Waals surface area (Å²) >= 11 is 0. The normalized spacial score (nSPS) is 11.4. The van der Waals surface area contributed by atoms with E-state index in [2.05, 4.69) is 4.72 Å². The highest BCUT2D eigenvalue weighted by Gasteiger charge is 2.15. The molecular formula is C13H13NO5S. The van der Waals surface area contributed by atoms with Gasteiger partial charge in [0.15, 0.2) is 0 Å². The molecule has 7 heteroatoms. The number of benzene rings is 1. The number of carboxylic acid groups (broad SMARTS) is 1. The smallest absolute Gasteiger partial charge is 0.371 e. The minimum absolute atomic E-state index is 0.108. The fourth-order valence-corrected chi connectivity index (χ4v) is 2.55. The highest BCUT2D eigenvalue weighted by molar-refractivity contribution is 7.89. The standard InChI is InChI=1S/C13H13NO5S/c1-9-2-5-11(6-3-9)20(17,18)14-8-10-4-7-12(19-10)13(15)16/h2-7,14H,8H2,1H3,(H,15,16). The third-order valence-electron chi connectivity index (χ3n) is 2.64. The van der Waals surface area contributed by atoms with Gasteiger partial charge in [0.2, 0.25) is 15.8 Å². The van der Waals surface area contributed by atoms with Gasteiger partial charge in [-0.15, -0.1) is 0 Å². The second-order valence-electron chi connectivity index (χ2n) is 4.21. The van der Waals surface area contributed by atoms with Crippen molar-refractivity contribution in [3.05, 3.63) is 53.5 Å². The molecule has 1 aromatic carbocycles. The highest BCUT2D eigenvalue weighted by Crippen LogP contribution is 2.12. The Bertz CT molecular complexity index is 715. The summed E-state index contributed by atoms with van der Waals surface area (Å²) in [4.78, 5) is 10.8. The maximum Gasteiger partial charge on any atom is 0.371 e. The van der Waals surface area contributed by atoms with E-state index >= 15 is 0 Å². The first-order chi connectivity index (χ1) is 9.38. The van der Waals surface area contributed by atoms with E-state index in [-0.39, 0.29) is 23.0 Å². The van der Waals surface area contributed by atoms with Crippen molar-refractivity contribution in [2.75, 3.05) is 0 Å². The van der Waals surface area contributed by atoms with Gasteiger partial charge in [-0.2, -0.15) is 0 Å². The third-order valence-corrected chi connectivity index (χ3v) is 4.06. The number of carboxylic acids is 1. The number of sulfonamides is 1. The number of aromatic carboxylic acids is 1. The summed E-state index contributed by atoms with van der Waals surface area (Å²) in [6, 6.07) is 9.10. The Labute approximate surface area is 116 Å². The van der Waals surface area contributed by atoms with Crippen LogP contribution in [0.25, 0.3) is 0 Å². The van der Waals surface area contributed by atoms with Crippen molar-refractivity contribution >= 4 is 16.0 Å². The summed E-state index contributed by atoms with van der Waals surface area (Å²) in [7, 11) is -3.64. The molecule has 1 aromatic heterocycles. The molecule has 1 heterocycles. The predicted octanol–water partition coefficient (Wildman–Crippen LogP) is 1.76. The summed E-state index contributed by atoms with van der Waals surface area (Å²) in [6.45, 7) is 1.75. The van der Waals surface area contributed by atoms with Crippen molar-refractivity contribution in [2.24, 2.45) is 0 Å². The first-order valence-electron chi connectivity index (χ1n) is 5.77. The largest absolute Gasteiger partial charge is 0.475 e. The fraction of sp³-hybridized carbons (Fsp3) is 0.154. The number of hydrogen-bond acceptors (Lipinski definition) is 4. The molecule has 0 bridgehead atoms. The third kappa shape index (κ3) is 3.25. The van der Waals surface area contributed by atoms with E-state index in [0.29, 0.717) is 0 Å². The Morgan fingerprint density at radius 2 is 1.85 bits per heavy atom. The minimum Gasteiger partial charge on any atom is -0.475 e. The predicted molar refractivity (Wildman–Crippen MR) is 70.9 cm³/mol. The average Bonchev–Trinajstić information content (AvgIpc) is 2.86. The summed E-state index contributed by atoms with van der Waals surface area (Å²) < 4.78 is 31.3. The van der Waals surface area contributed by atoms with Gasteiger partial charge in [0.25, 0.3) is 0 Å². The van der Waals surface area contributed by atoms with Crippen LogP contribution >= 0.6 is 0 Å². The van der Waals surface area contributed by atoms with Crippen LogP contribution < -0.4 is 4.72 Å². The maximum absolute atomic E-state index is 12.0. The maximum atomic E-state index is 12.0. The second kappa shape index (κ2) is 5.48. The molecule has 0 atom stereocenters. The van der Waals surface area contributed by atoms with Crippen LogP contribution in [-0.4, -0.2) is 19.5 Å². The molecular weight excluding hydrogens is 282 g/mol. The number of nitrogens with one attached hydrogen (secondary N) is 1. The van der Waals surface area contributed by atoms with Gasteiger partial charge in [-0.25, -0.2) is 17.9 Å². The summed E-state index contributed by atoms with van der Waals surface area (Å²) in [5.41, 5.74) is 0.959. The molecule has 20 heavy (non-hydrogen) atoms. The van der Waals surface area contributed by atoms with Gasteiger partial charge in [-0.05, 0) is 31.2 Å². The van der Waals surface area contributed by atoms with Crippen LogP contribution in [0.1, 0.15) is 21.9 Å². The van der Waals surface area contributed by atoms with Crippen molar-refractivity contribution in [3.8, 4) is 0 Å². The van der Waals surface area contributed by atoms with Crippen LogP contribution in [0.15, 0.2) is 45.7 Å². The van der Waals surface area contributed by atoms with Crippen LogP contribution in [0.2, 0.25) is 0 Å². The Hall–Kier alpha value is -2.12. The van der Waals surface area contributed by atoms with E-state index in [0.717, 1.165) is 5.56 Å². The van der Waals surface area contributed by atoms with Gasteiger partial charge in [0.1, 0.15) is 5.76 Å². The number of rotatable bonds is 5. The van der Waals surface area contributed by atoms with Crippen LogP contribution in [0.4, 0.5) is 0 Å². The van der Waals surface area contributed by atoms with Gasteiger partial charge in [-0.1, -0.05) is 17.7 Å². The molecule has 0 aliphatic heterocycles. The Kier molecular flexibility index (Phi) is 3.91. The van der Waals surface area contributed by atoms with Crippen LogP contribution in [0.3, 0.4) is 0 Å². The first-order valence-corrected chi connectivity index (χ1v) is 7.25. The molecule has 0 radical (unpaired) electrons. The van der Waals surface area contributed by atoms with E-state index in [1.165, 1.54) is 24.3 Å². The lowest BCUT2D eigenvalue weighted by Gasteiger charge is -2.05. The van der Waals surface area contributed by atoms with Gasteiger partial charge >= 0.3 is 5.97 Å². The molecule has 0 aliphatic carbocycles. The highest BCUT2D eigenvalue weighted by atomic mass is 32.2. The zero-order valence-electron chi connectivity index (χ0n) is 10.7. The van der Waals surface area contributed by atoms with Gasteiger partial charge in [0, 0.05) is 0 Å².